The van der Waals surface area contributed by atoms with E-state index in [2.05, 4.69) is 5.32 Å². The fourth-order valence-electron chi connectivity index (χ4n) is 4.33. The van der Waals surface area contributed by atoms with Gasteiger partial charge in [-0.15, -0.1) is 0 Å². The number of benzene rings is 1. The van der Waals surface area contributed by atoms with E-state index in [0.29, 0.717) is 23.9 Å². The summed E-state index contributed by atoms with van der Waals surface area (Å²) in [6.45, 7) is 2.79. The molecule has 0 radical (unpaired) electrons. The molecule has 1 atom stereocenters. The average Bonchev–Trinajstić information content (AvgIpc) is 2.77. The van der Waals surface area contributed by atoms with E-state index in [0.717, 1.165) is 49.7 Å². The molecular formula is C23H31ClN4O2S. The second-order valence-corrected chi connectivity index (χ2v) is 10.8. The Hall–Kier alpha value is -1.88. The molecular weight excluding hydrogens is 432 g/mol. The molecule has 1 saturated heterocycles. The number of amidine groups is 1. The average molecular weight is 463 g/mol. The smallest absolute Gasteiger partial charge is 0.217 e. The molecule has 1 aromatic carbocycles. The van der Waals surface area contributed by atoms with Crippen molar-refractivity contribution in [2.75, 3.05) is 18.8 Å². The van der Waals surface area contributed by atoms with Gasteiger partial charge in [0, 0.05) is 24.0 Å². The third kappa shape index (κ3) is 6.55. The van der Waals surface area contributed by atoms with Crippen LogP contribution in [0.4, 0.5) is 0 Å². The van der Waals surface area contributed by atoms with E-state index in [1.807, 2.05) is 37.4 Å². The minimum Gasteiger partial charge on any atom is -0.280 e. The summed E-state index contributed by atoms with van der Waals surface area (Å²) < 4.78 is 27.5. The molecule has 1 heterocycles. The Labute approximate surface area is 191 Å². The molecule has 168 valence electrons. The lowest BCUT2D eigenvalue weighted by atomic mass is 9.94. The molecule has 0 aromatic heterocycles. The SMILES string of the molecule is Cc1c(Cl)cccc1C=CCS(=O)(=O)N1CCC[C@H](C(=NC2CCCCC2)NC#N)C1. The van der Waals surface area contributed by atoms with Crippen LogP contribution >= 0.6 is 11.6 Å². The highest BCUT2D eigenvalue weighted by Crippen LogP contribution is 2.25. The van der Waals surface area contributed by atoms with Gasteiger partial charge in [0.05, 0.1) is 11.8 Å². The Balaban J connectivity index is 1.67. The zero-order chi connectivity index (χ0) is 22.3. The number of nitrogens with one attached hydrogen (secondary N) is 1. The van der Waals surface area contributed by atoms with E-state index in [4.69, 9.17) is 16.6 Å². The minimum atomic E-state index is -3.44. The zero-order valence-electron chi connectivity index (χ0n) is 18.1. The molecule has 1 aliphatic carbocycles. The molecule has 0 unspecified atom stereocenters. The normalized spacial score (nSPS) is 21.8. The van der Waals surface area contributed by atoms with Gasteiger partial charge in [-0.25, -0.2) is 12.7 Å². The standard InChI is InChI=1S/C23H31ClN4O2S/c1-18-19(8-5-13-22(18)24)10-7-15-31(29,30)28-14-6-9-20(16-28)23(26-17-25)27-21-11-3-2-4-12-21/h5,7-8,10,13,20-21H,2-4,6,9,11-12,14-16H2,1H3,(H,26,27)/t20-/m0/s1. The van der Waals surface area contributed by atoms with Gasteiger partial charge in [0.2, 0.25) is 10.0 Å². The highest BCUT2D eigenvalue weighted by Gasteiger charge is 2.31. The van der Waals surface area contributed by atoms with Gasteiger partial charge in [0.15, 0.2) is 6.19 Å². The van der Waals surface area contributed by atoms with Crippen LogP contribution in [0.25, 0.3) is 6.08 Å². The lowest BCUT2D eigenvalue weighted by Crippen LogP contribution is -2.45. The van der Waals surface area contributed by atoms with Gasteiger partial charge in [0.1, 0.15) is 5.84 Å². The maximum absolute atomic E-state index is 13.0. The number of hydrogen-bond donors (Lipinski definition) is 1. The van der Waals surface area contributed by atoms with Crippen LogP contribution in [0, 0.1) is 24.3 Å². The highest BCUT2D eigenvalue weighted by atomic mass is 35.5. The maximum atomic E-state index is 13.0. The van der Waals surface area contributed by atoms with Gasteiger partial charge < -0.3 is 0 Å². The van der Waals surface area contributed by atoms with Crippen molar-refractivity contribution in [3.63, 3.8) is 0 Å². The fraction of sp³-hybridized carbons (Fsp3) is 0.565. The molecule has 1 saturated carbocycles. The van der Waals surface area contributed by atoms with Crippen LogP contribution < -0.4 is 5.32 Å². The topological polar surface area (TPSA) is 85.6 Å². The molecule has 0 amide bonds. The first kappa shape index (κ1) is 23.8. The van der Waals surface area contributed by atoms with E-state index in [1.54, 1.807) is 10.4 Å². The lowest BCUT2D eigenvalue weighted by Gasteiger charge is -2.32. The quantitative estimate of drug-likeness (QED) is 0.292. The first-order chi connectivity index (χ1) is 14.9. The molecule has 8 heteroatoms. The maximum Gasteiger partial charge on any atom is 0.217 e. The minimum absolute atomic E-state index is 0.0630. The zero-order valence-corrected chi connectivity index (χ0v) is 19.6. The lowest BCUT2D eigenvalue weighted by molar-refractivity contribution is 0.309. The Morgan fingerprint density at radius 3 is 2.81 bits per heavy atom. The largest absolute Gasteiger partial charge is 0.280 e. The van der Waals surface area contributed by atoms with E-state index >= 15 is 0 Å². The van der Waals surface area contributed by atoms with Crippen molar-refractivity contribution in [1.82, 2.24) is 9.62 Å². The van der Waals surface area contributed by atoms with Crippen LogP contribution in [0.5, 0.6) is 0 Å². The molecule has 31 heavy (non-hydrogen) atoms. The van der Waals surface area contributed by atoms with E-state index in [-0.39, 0.29) is 17.7 Å². The Bertz CT molecular complexity index is 962. The van der Waals surface area contributed by atoms with Crippen molar-refractivity contribution >= 4 is 33.5 Å². The summed E-state index contributed by atoms with van der Waals surface area (Å²) in [6.07, 6.45) is 12.7. The van der Waals surface area contributed by atoms with E-state index in [1.165, 1.54) is 6.42 Å². The Morgan fingerprint density at radius 1 is 1.29 bits per heavy atom. The van der Waals surface area contributed by atoms with Crippen LogP contribution in [0.3, 0.4) is 0 Å². The Morgan fingerprint density at radius 2 is 2.06 bits per heavy atom. The van der Waals surface area contributed by atoms with Gasteiger partial charge in [0.25, 0.3) is 0 Å². The monoisotopic (exact) mass is 462 g/mol. The molecule has 2 aliphatic rings. The summed E-state index contributed by atoms with van der Waals surface area (Å²) >= 11 is 6.15. The van der Waals surface area contributed by atoms with E-state index < -0.39 is 10.0 Å². The highest BCUT2D eigenvalue weighted by molar-refractivity contribution is 7.89. The van der Waals surface area contributed by atoms with Gasteiger partial charge in [-0.2, -0.15) is 5.26 Å². The molecule has 2 fully saturated rings. The summed E-state index contributed by atoms with van der Waals surface area (Å²) in [5.74, 6) is 0.524. The summed E-state index contributed by atoms with van der Waals surface area (Å²) in [7, 11) is -3.44. The molecule has 6 nitrogen and oxygen atoms in total. The number of hydrogen-bond acceptors (Lipinski definition) is 4. The second kappa shape index (κ2) is 11.1. The molecule has 0 spiro atoms. The number of nitrogens with zero attached hydrogens (tertiary/aromatic N) is 3. The predicted octanol–water partition coefficient (Wildman–Crippen LogP) is 4.51. The molecule has 1 N–H and O–H groups in total. The number of sulfonamides is 1. The number of nitriles is 1. The van der Waals surface area contributed by atoms with Crippen molar-refractivity contribution < 1.29 is 8.42 Å². The van der Waals surface area contributed by atoms with Crippen LogP contribution in [-0.2, 0) is 10.0 Å². The van der Waals surface area contributed by atoms with Gasteiger partial charge in [-0.05, 0) is 49.8 Å². The van der Waals surface area contributed by atoms with Crippen LogP contribution in [-0.4, -0.2) is 43.4 Å². The molecule has 3 rings (SSSR count). The number of piperidine rings is 1. The van der Waals surface area contributed by atoms with Crippen molar-refractivity contribution in [2.45, 2.75) is 57.9 Å². The number of halogens is 1. The summed E-state index contributed by atoms with van der Waals surface area (Å²) in [4.78, 5) is 4.82. The van der Waals surface area contributed by atoms with Crippen molar-refractivity contribution in [3.8, 4) is 6.19 Å². The van der Waals surface area contributed by atoms with E-state index in [9.17, 15) is 13.7 Å². The first-order valence-corrected chi connectivity index (χ1v) is 13.0. The van der Waals surface area contributed by atoms with Crippen molar-refractivity contribution in [2.24, 2.45) is 10.9 Å². The van der Waals surface area contributed by atoms with Crippen LogP contribution in [0.1, 0.15) is 56.1 Å². The predicted molar refractivity (Wildman–Crippen MR) is 126 cm³/mol. The fourth-order valence-corrected chi connectivity index (χ4v) is 5.88. The van der Waals surface area contributed by atoms with Gasteiger partial charge >= 0.3 is 0 Å². The van der Waals surface area contributed by atoms with Crippen LogP contribution in [0.15, 0.2) is 29.3 Å². The summed E-state index contributed by atoms with van der Waals surface area (Å²) in [5, 5.41) is 12.6. The number of aliphatic imine (C=N–C) groups is 1. The van der Waals surface area contributed by atoms with Crippen LogP contribution in [0.2, 0.25) is 5.02 Å². The molecule has 0 bridgehead atoms. The van der Waals surface area contributed by atoms with Gasteiger partial charge in [-0.1, -0.05) is 55.1 Å². The third-order valence-electron chi connectivity index (χ3n) is 6.16. The molecule has 1 aliphatic heterocycles. The van der Waals surface area contributed by atoms with Crippen molar-refractivity contribution in [3.05, 3.63) is 40.4 Å². The number of rotatable bonds is 6. The Kier molecular flexibility index (Phi) is 8.53. The van der Waals surface area contributed by atoms with Gasteiger partial charge in [-0.3, -0.25) is 10.3 Å². The summed E-state index contributed by atoms with van der Waals surface area (Å²) in [6, 6.07) is 5.83. The summed E-state index contributed by atoms with van der Waals surface area (Å²) in [5.41, 5.74) is 1.85. The van der Waals surface area contributed by atoms with Crippen molar-refractivity contribution in [1.29, 1.82) is 5.26 Å². The first-order valence-electron chi connectivity index (χ1n) is 11.0. The third-order valence-corrected chi connectivity index (χ3v) is 8.30. The molecule has 1 aromatic rings. The second-order valence-electron chi connectivity index (χ2n) is 8.38.